The number of thiophene rings is 1. The standard InChI is InChI=1S/C9H13NO2S/c1-10(2)3-7-4-11-8-5-13-6-9(8)12-7/h5-7H,3-4H2,1-2H3. The Labute approximate surface area is 81.9 Å². The fourth-order valence-corrected chi connectivity index (χ4v) is 2.03. The molecule has 13 heavy (non-hydrogen) atoms. The van der Waals surface area contributed by atoms with Crippen molar-refractivity contribution in [3.63, 3.8) is 0 Å². The van der Waals surface area contributed by atoms with Crippen LogP contribution in [-0.2, 0) is 0 Å². The topological polar surface area (TPSA) is 21.7 Å². The molecule has 2 heterocycles. The number of hydrogen-bond donors (Lipinski definition) is 0. The quantitative estimate of drug-likeness (QED) is 0.719. The third-order valence-corrected chi connectivity index (χ3v) is 2.58. The second-order valence-corrected chi connectivity index (χ2v) is 4.16. The summed E-state index contributed by atoms with van der Waals surface area (Å²) in [6.45, 7) is 1.55. The molecule has 4 heteroatoms. The first kappa shape index (κ1) is 8.84. The lowest BCUT2D eigenvalue weighted by molar-refractivity contribution is 0.0723. The molecule has 0 N–H and O–H groups in total. The average molecular weight is 199 g/mol. The molecule has 72 valence electrons. The lowest BCUT2D eigenvalue weighted by Gasteiger charge is -2.26. The van der Waals surface area contributed by atoms with Crippen LogP contribution >= 0.6 is 11.3 Å². The molecule has 0 aliphatic carbocycles. The predicted molar refractivity (Wildman–Crippen MR) is 52.8 cm³/mol. The van der Waals surface area contributed by atoms with Gasteiger partial charge in [0.15, 0.2) is 11.5 Å². The van der Waals surface area contributed by atoms with E-state index in [4.69, 9.17) is 9.47 Å². The minimum absolute atomic E-state index is 0.164. The fourth-order valence-electron chi connectivity index (χ4n) is 1.36. The normalized spacial score (nSPS) is 20.7. The van der Waals surface area contributed by atoms with Crippen LogP contribution in [0.3, 0.4) is 0 Å². The van der Waals surface area contributed by atoms with Gasteiger partial charge in [0.25, 0.3) is 0 Å². The van der Waals surface area contributed by atoms with Crippen molar-refractivity contribution in [2.45, 2.75) is 6.10 Å². The van der Waals surface area contributed by atoms with Gasteiger partial charge in [-0.05, 0) is 14.1 Å². The number of fused-ring (bicyclic) bond motifs is 1. The van der Waals surface area contributed by atoms with Gasteiger partial charge < -0.3 is 14.4 Å². The first-order valence-electron chi connectivity index (χ1n) is 4.26. The van der Waals surface area contributed by atoms with Crippen LogP contribution in [0, 0.1) is 0 Å². The zero-order valence-corrected chi connectivity index (χ0v) is 8.63. The summed E-state index contributed by atoms with van der Waals surface area (Å²) in [5, 5.41) is 3.96. The second kappa shape index (κ2) is 3.55. The molecule has 0 bridgehead atoms. The van der Waals surface area contributed by atoms with Gasteiger partial charge in [0.2, 0.25) is 0 Å². The van der Waals surface area contributed by atoms with Gasteiger partial charge in [-0.1, -0.05) is 0 Å². The monoisotopic (exact) mass is 199 g/mol. The SMILES string of the molecule is CN(C)CC1COc2cscc2O1. The molecule has 3 nitrogen and oxygen atoms in total. The van der Waals surface area contributed by atoms with E-state index in [1.54, 1.807) is 11.3 Å². The first-order chi connectivity index (χ1) is 6.25. The first-order valence-corrected chi connectivity index (χ1v) is 5.20. The van der Waals surface area contributed by atoms with Crippen LogP contribution in [0.2, 0.25) is 0 Å². The molecule has 0 amide bonds. The van der Waals surface area contributed by atoms with E-state index in [9.17, 15) is 0 Å². The van der Waals surface area contributed by atoms with Crippen LogP contribution in [0.25, 0.3) is 0 Å². The van der Waals surface area contributed by atoms with Gasteiger partial charge in [0.05, 0.1) is 0 Å². The summed E-state index contributed by atoms with van der Waals surface area (Å²) in [5.41, 5.74) is 0. The van der Waals surface area contributed by atoms with E-state index >= 15 is 0 Å². The largest absolute Gasteiger partial charge is 0.485 e. The number of nitrogens with zero attached hydrogens (tertiary/aromatic N) is 1. The molecule has 0 aromatic carbocycles. The molecule has 0 saturated carbocycles. The Morgan fingerprint density at radius 3 is 3.00 bits per heavy atom. The zero-order chi connectivity index (χ0) is 9.26. The second-order valence-electron chi connectivity index (χ2n) is 3.41. The van der Waals surface area contributed by atoms with Crippen molar-refractivity contribution >= 4 is 11.3 Å². The Kier molecular flexibility index (Phi) is 2.42. The molecular weight excluding hydrogens is 186 g/mol. The molecular formula is C9H13NO2S. The van der Waals surface area contributed by atoms with Gasteiger partial charge in [-0.25, -0.2) is 0 Å². The van der Waals surface area contributed by atoms with Crippen molar-refractivity contribution in [3.8, 4) is 11.5 Å². The van der Waals surface area contributed by atoms with E-state index in [1.807, 2.05) is 24.9 Å². The number of hydrogen-bond acceptors (Lipinski definition) is 4. The molecule has 0 spiro atoms. The van der Waals surface area contributed by atoms with E-state index in [1.165, 1.54) is 0 Å². The molecule has 1 atom stereocenters. The van der Waals surface area contributed by atoms with E-state index in [0.717, 1.165) is 18.0 Å². The minimum atomic E-state index is 0.164. The molecule has 1 aliphatic heterocycles. The van der Waals surface area contributed by atoms with Crippen LogP contribution in [0.1, 0.15) is 0 Å². The summed E-state index contributed by atoms with van der Waals surface area (Å²) >= 11 is 1.61. The van der Waals surface area contributed by atoms with Gasteiger partial charge in [0, 0.05) is 17.3 Å². The third-order valence-electron chi connectivity index (χ3n) is 1.88. The zero-order valence-electron chi connectivity index (χ0n) is 7.82. The van der Waals surface area contributed by atoms with Crippen molar-refractivity contribution in [3.05, 3.63) is 10.8 Å². The van der Waals surface area contributed by atoms with Crippen molar-refractivity contribution in [1.29, 1.82) is 0 Å². The number of likely N-dealkylation sites (N-methyl/N-ethyl adjacent to an activating group) is 1. The van der Waals surface area contributed by atoms with Crippen LogP contribution in [0.5, 0.6) is 11.5 Å². The highest BCUT2D eigenvalue weighted by Gasteiger charge is 2.21. The molecule has 1 aromatic rings. The molecule has 1 aromatic heterocycles. The maximum Gasteiger partial charge on any atom is 0.172 e. The third kappa shape index (κ3) is 1.95. The van der Waals surface area contributed by atoms with E-state index in [0.29, 0.717) is 6.61 Å². The lowest BCUT2D eigenvalue weighted by atomic mass is 10.3. The maximum absolute atomic E-state index is 5.73. The molecule has 1 aliphatic rings. The molecule has 0 radical (unpaired) electrons. The summed E-state index contributed by atoms with van der Waals surface area (Å²) in [7, 11) is 4.07. The van der Waals surface area contributed by atoms with Gasteiger partial charge in [-0.3, -0.25) is 0 Å². The predicted octanol–water partition coefficient (Wildman–Crippen LogP) is 1.45. The minimum Gasteiger partial charge on any atom is -0.485 e. The Bertz CT molecular complexity index is 285. The summed E-state index contributed by atoms with van der Waals surface area (Å²) in [6.07, 6.45) is 0.164. The molecule has 0 saturated heterocycles. The summed E-state index contributed by atoms with van der Waals surface area (Å²) in [6, 6.07) is 0. The van der Waals surface area contributed by atoms with Gasteiger partial charge in [0.1, 0.15) is 12.7 Å². The number of ether oxygens (including phenoxy) is 2. The van der Waals surface area contributed by atoms with Crippen molar-refractivity contribution in [1.82, 2.24) is 4.90 Å². The number of rotatable bonds is 2. The Balaban J connectivity index is 2.00. The smallest absolute Gasteiger partial charge is 0.172 e. The Morgan fingerprint density at radius 1 is 1.46 bits per heavy atom. The van der Waals surface area contributed by atoms with Crippen LogP contribution in [0.4, 0.5) is 0 Å². The van der Waals surface area contributed by atoms with Gasteiger partial charge >= 0.3 is 0 Å². The Hall–Kier alpha value is -0.740. The van der Waals surface area contributed by atoms with Crippen LogP contribution < -0.4 is 9.47 Å². The highest BCUT2D eigenvalue weighted by molar-refractivity contribution is 7.08. The lowest BCUT2D eigenvalue weighted by Crippen LogP contribution is -2.37. The van der Waals surface area contributed by atoms with Gasteiger partial charge in [-0.15, -0.1) is 11.3 Å². The fraction of sp³-hybridized carbons (Fsp3) is 0.556. The van der Waals surface area contributed by atoms with E-state index < -0.39 is 0 Å². The molecule has 0 fully saturated rings. The van der Waals surface area contributed by atoms with E-state index in [2.05, 4.69) is 4.90 Å². The summed E-state index contributed by atoms with van der Waals surface area (Å²) < 4.78 is 11.3. The van der Waals surface area contributed by atoms with E-state index in [-0.39, 0.29) is 6.10 Å². The van der Waals surface area contributed by atoms with Crippen molar-refractivity contribution < 1.29 is 9.47 Å². The molecule has 1 unspecified atom stereocenters. The van der Waals surface area contributed by atoms with Gasteiger partial charge in [-0.2, -0.15) is 0 Å². The van der Waals surface area contributed by atoms with Crippen molar-refractivity contribution in [2.75, 3.05) is 27.2 Å². The summed E-state index contributed by atoms with van der Waals surface area (Å²) in [4.78, 5) is 2.10. The van der Waals surface area contributed by atoms with Crippen molar-refractivity contribution in [2.24, 2.45) is 0 Å². The Morgan fingerprint density at radius 2 is 2.23 bits per heavy atom. The van der Waals surface area contributed by atoms with Crippen LogP contribution in [-0.4, -0.2) is 38.3 Å². The summed E-state index contributed by atoms with van der Waals surface area (Å²) in [5.74, 6) is 1.78. The maximum atomic E-state index is 5.73. The highest BCUT2D eigenvalue weighted by Crippen LogP contribution is 2.35. The molecule has 2 rings (SSSR count). The highest BCUT2D eigenvalue weighted by atomic mass is 32.1. The average Bonchev–Trinajstić information content (AvgIpc) is 2.49. The van der Waals surface area contributed by atoms with Crippen LogP contribution in [0.15, 0.2) is 10.8 Å².